The Balaban J connectivity index is 1.38. The molecule has 2 aromatic rings. The zero-order chi connectivity index (χ0) is 25.5. The first kappa shape index (κ1) is 26.4. The van der Waals surface area contributed by atoms with Gasteiger partial charge in [-0.15, -0.1) is 0 Å². The van der Waals surface area contributed by atoms with E-state index in [2.05, 4.69) is 47.6 Å². The van der Waals surface area contributed by atoms with Crippen molar-refractivity contribution in [3.05, 3.63) is 65.7 Å². The zero-order valence-corrected chi connectivity index (χ0v) is 21.6. The molecule has 0 spiro atoms. The molecule has 4 unspecified atom stereocenters. The Morgan fingerprint density at radius 1 is 1.11 bits per heavy atom. The third-order valence-corrected chi connectivity index (χ3v) is 8.01. The largest absolute Gasteiger partial charge is 0.427 e. The molecule has 1 aliphatic heterocycles. The van der Waals surface area contributed by atoms with Crippen molar-refractivity contribution in [3.8, 4) is 5.75 Å². The third-order valence-electron chi connectivity index (χ3n) is 8.01. The van der Waals surface area contributed by atoms with Gasteiger partial charge in [-0.1, -0.05) is 48.9 Å². The number of aliphatic hydroxyl groups is 1. The number of aliphatic hydroxyl groups excluding tert-OH is 1. The zero-order valence-electron chi connectivity index (χ0n) is 21.6. The van der Waals surface area contributed by atoms with Crippen LogP contribution in [0.1, 0.15) is 63.0 Å². The molecule has 6 heteroatoms. The number of amides is 1. The normalized spacial score (nSPS) is 26.1. The summed E-state index contributed by atoms with van der Waals surface area (Å²) in [5, 5.41) is 14.5. The highest BCUT2D eigenvalue weighted by Crippen LogP contribution is 2.49. The molecular weight excluding hydrogens is 452 g/mol. The van der Waals surface area contributed by atoms with Gasteiger partial charge in [0.1, 0.15) is 5.75 Å². The number of benzene rings is 2. The van der Waals surface area contributed by atoms with Crippen molar-refractivity contribution in [3.63, 3.8) is 0 Å². The minimum atomic E-state index is -0.505. The molecule has 6 nitrogen and oxygen atoms in total. The van der Waals surface area contributed by atoms with Crippen LogP contribution in [-0.2, 0) is 21.4 Å². The van der Waals surface area contributed by atoms with Crippen molar-refractivity contribution in [1.29, 1.82) is 0 Å². The topological polar surface area (TPSA) is 78.9 Å². The number of hydrogen-bond acceptors (Lipinski definition) is 5. The Kier molecular flexibility index (Phi) is 8.81. The maximum absolute atomic E-state index is 12.8. The Bertz CT molecular complexity index is 1030. The van der Waals surface area contributed by atoms with E-state index in [0.717, 1.165) is 57.2 Å². The number of unbranched alkanes of at least 4 members (excludes halogenated alkanes) is 2. The second kappa shape index (κ2) is 12.0. The lowest BCUT2D eigenvalue weighted by molar-refractivity contribution is -0.132. The van der Waals surface area contributed by atoms with Crippen LogP contribution in [0.2, 0.25) is 0 Å². The summed E-state index contributed by atoms with van der Waals surface area (Å²) in [5.74, 6) is 0.322. The molecule has 2 aliphatic rings. The lowest BCUT2D eigenvalue weighted by Crippen LogP contribution is -2.60. The molecule has 0 aromatic heterocycles. The van der Waals surface area contributed by atoms with Crippen molar-refractivity contribution in [2.24, 2.45) is 5.92 Å². The van der Waals surface area contributed by atoms with E-state index in [4.69, 9.17) is 4.74 Å². The van der Waals surface area contributed by atoms with E-state index in [1.807, 2.05) is 18.2 Å². The molecule has 2 aromatic carbocycles. The highest BCUT2D eigenvalue weighted by Gasteiger charge is 2.51. The molecule has 2 fully saturated rings. The van der Waals surface area contributed by atoms with E-state index in [1.165, 1.54) is 12.5 Å². The summed E-state index contributed by atoms with van der Waals surface area (Å²) in [4.78, 5) is 26.6. The third kappa shape index (κ3) is 6.54. The minimum Gasteiger partial charge on any atom is -0.427 e. The monoisotopic (exact) mass is 492 g/mol. The molecule has 1 aliphatic carbocycles. The number of carbonyl (C=O) groups excluding carboxylic acids is 2. The molecule has 0 radical (unpaired) electrons. The maximum atomic E-state index is 12.8. The van der Waals surface area contributed by atoms with Crippen LogP contribution < -0.4 is 10.1 Å². The summed E-state index contributed by atoms with van der Waals surface area (Å²) in [6, 6.07) is 18.1. The van der Waals surface area contributed by atoms with Gasteiger partial charge in [0.15, 0.2) is 0 Å². The molecule has 2 N–H and O–H groups in total. The number of ether oxygens (including phenoxy) is 1. The van der Waals surface area contributed by atoms with Crippen LogP contribution in [-0.4, -0.2) is 54.2 Å². The van der Waals surface area contributed by atoms with Gasteiger partial charge in [0.05, 0.1) is 6.10 Å². The molecule has 1 heterocycles. The fourth-order valence-electron chi connectivity index (χ4n) is 6.26. The molecule has 36 heavy (non-hydrogen) atoms. The number of esters is 1. The van der Waals surface area contributed by atoms with Gasteiger partial charge in [0.2, 0.25) is 5.91 Å². The van der Waals surface area contributed by atoms with Crippen LogP contribution in [0.15, 0.2) is 54.6 Å². The van der Waals surface area contributed by atoms with Gasteiger partial charge in [-0.3, -0.25) is 9.59 Å². The van der Waals surface area contributed by atoms with Gasteiger partial charge in [-0.05, 0) is 75.4 Å². The van der Waals surface area contributed by atoms with E-state index < -0.39 is 6.10 Å². The summed E-state index contributed by atoms with van der Waals surface area (Å²) in [6.45, 7) is 3.13. The lowest BCUT2D eigenvalue weighted by atomic mass is 9.57. The molecule has 194 valence electrons. The number of nitrogens with one attached hydrogen (secondary N) is 1. The molecule has 1 amide bonds. The fraction of sp³-hybridized carbons (Fsp3) is 0.533. The number of aryl methyl sites for hydroxylation is 1. The lowest BCUT2D eigenvalue weighted by Gasteiger charge is -2.54. The summed E-state index contributed by atoms with van der Waals surface area (Å²) >= 11 is 0. The first-order valence-electron chi connectivity index (χ1n) is 13.3. The first-order chi connectivity index (χ1) is 17.4. The van der Waals surface area contributed by atoms with E-state index in [1.54, 1.807) is 6.07 Å². The van der Waals surface area contributed by atoms with Gasteiger partial charge in [-0.2, -0.15) is 0 Å². The Morgan fingerprint density at radius 2 is 1.92 bits per heavy atom. The number of fused-ring (bicyclic) bond motifs is 1. The van der Waals surface area contributed by atoms with E-state index in [-0.39, 0.29) is 29.3 Å². The Labute approximate surface area is 215 Å². The SMILES string of the molecule is CC(=O)Oc1cccc(C23CCN(C)CC2C(O)CC(NC(=O)CCCCCc2ccccc2)C3)c1. The minimum absolute atomic E-state index is 0.0648. The second-order valence-electron chi connectivity index (χ2n) is 10.7. The van der Waals surface area contributed by atoms with Crippen LogP contribution in [0, 0.1) is 5.92 Å². The van der Waals surface area contributed by atoms with Crippen LogP contribution in [0.25, 0.3) is 0 Å². The fourth-order valence-corrected chi connectivity index (χ4v) is 6.26. The van der Waals surface area contributed by atoms with Crippen LogP contribution in [0.5, 0.6) is 5.75 Å². The molecule has 4 atom stereocenters. The number of nitrogens with zero attached hydrogens (tertiary/aromatic N) is 1. The predicted molar refractivity (Wildman–Crippen MR) is 141 cm³/mol. The van der Waals surface area contributed by atoms with Gasteiger partial charge in [0, 0.05) is 37.3 Å². The average Bonchev–Trinajstić information content (AvgIpc) is 2.85. The molecule has 4 rings (SSSR count). The summed E-state index contributed by atoms with van der Waals surface area (Å²) in [5.41, 5.74) is 2.15. The van der Waals surface area contributed by atoms with Gasteiger partial charge < -0.3 is 20.1 Å². The van der Waals surface area contributed by atoms with Crippen LogP contribution in [0.4, 0.5) is 0 Å². The average molecular weight is 493 g/mol. The smallest absolute Gasteiger partial charge is 0.308 e. The Hall–Kier alpha value is -2.70. The van der Waals surface area contributed by atoms with Gasteiger partial charge in [0.25, 0.3) is 0 Å². The van der Waals surface area contributed by atoms with Crippen molar-refractivity contribution < 1.29 is 19.4 Å². The number of carbonyl (C=O) groups is 2. The number of piperidine rings is 1. The van der Waals surface area contributed by atoms with Crippen molar-refractivity contribution in [2.45, 2.75) is 75.9 Å². The number of likely N-dealkylation sites (tertiary alicyclic amines) is 1. The van der Waals surface area contributed by atoms with Gasteiger partial charge >= 0.3 is 5.97 Å². The highest BCUT2D eigenvalue weighted by molar-refractivity contribution is 5.76. The highest BCUT2D eigenvalue weighted by atomic mass is 16.5. The quantitative estimate of drug-likeness (QED) is 0.311. The molecular formula is C30H40N2O4. The van der Waals surface area contributed by atoms with Crippen molar-refractivity contribution in [1.82, 2.24) is 10.2 Å². The van der Waals surface area contributed by atoms with E-state index >= 15 is 0 Å². The summed E-state index contributed by atoms with van der Waals surface area (Å²) in [7, 11) is 2.09. The standard InChI is InChI=1S/C30H40N2O4/c1-22(33)36-26-14-9-13-24(18-26)30-16-17-32(2)21-27(30)28(34)19-25(20-30)31-29(35)15-8-4-7-12-23-10-5-3-6-11-23/h3,5-6,9-11,13-14,18,25,27-28,34H,4,7-8,12,15-17,19-21H2,1-2H3,(H,31,35). The number of hydrogen-bond donors (Lipinski definition) is 2. The maximum Gasteiger partial charge on any atom is 0.308 e. The summed E-state index contributed by atoms with van der Waals surface area (Å²) < 4.78 is 5.37. The van der Waals surface area contributed by atoms with E-state index in [0.29, 0.717) is 18.6 Å². The molecule has 1 saturated heterocycles. The van der Waals surface area contributed by atoms with Crippen LogP contribution in [0.3, 0.4) is 0 Å². The first-order valence-corrected chi connectivity index (χ1v) is 13.3. The predicted octanol–water partition coefficient (Wildman–Crippen LogP) is 4.24. The second-order valence-corrected chi connectivity index (χ2v) is 10.7. The number of rotatable bonds is 9. The van der Waals surface area contributed by atoms with Crippen molar-refractivity contribution in [2.75, 3.05) is 20.1 Å². The van der Waals surface area contributed by atoms with Gasteiger partial charge in [-0.25, -0.2) is 0 Å². The molecule has 1 saturated carbocycles. The molecule has 0 bridgehead atoms. The summed E-state index contributed by atoms with van der Waals surface area (Å²) in [6.07, 6.45) is 6.28. The van der Waals surface area contributed by atoms with Crippen LogP contribution >= 0.6 is 0 Å². The van der Waals surface area contributed by atoms with E-state index in [9.17, 15) is 14.7 Å². The van der Waals surface area contributed by atoms with Crippen molar-refractivity contribution >= 4 is 11.9 Å². The Morgan fingerprint density at radius 3 is 2.69 bits per heavy atom.